The molecule has 3 nitrogen and oxygen atoms in total. The first-order valence-electron chi connectivity index (χ1n) is 7.56. The standard InChI is InChI=1S/C15H32N2O/c1-5-16-14-10-8-6-7-9-13(14)11-17(4)15(2,3)12-18/h13-14,16,18H,5-12H2,1-4H3. The Labute approximate surface area is 113 Å². The van der Waals surface area contributed by atoms with Crippen LogP contribution in [-0.4, -0.2) is 48.3 Å². The molecule has 0 heterocycles. The van der Waals surface area contributed by atoms with E-state index in [1.165, 1.54) is 32.1 Å². The second-order valence-corrected chi connectivity index (χ2v) is 6.41. The van der Waals surface area contributed by atoms with Gasteiger partial charge in [0.25, 0.3) is 0 Å². The highest BCUT2D eigenvalue weighted by molar-refractivity contribution is 4.85. The predicted molar refractivity (Wildman–Crippen MR) is 77.8 cm³/mol. The lowest BCUT2D eigenvalue weighted by molar-refractivity contribution is 0.0594. The van der Waals surface area contributed by atoms with Gasteiger partial charge in [-0.25, -0.2) is 0 Å². The summed E-state index contributed by atoms with van der Waals surface area (Å²) in [6.45, 7) is 8.81. The summed E-state index contributed by atoms with van der Waals surface area (Å²) < 4.78 is 0. The average Bonchev–Trinajstić information content (AvgIpc) is 2.56. The average molecular weight is 256 g/mol. The predicted octanol–water partition coefficient (Wildman–Crippen LogP) is 2.25. The first kappa shape index (κ1) is 15.9. The van der Waals surface area contributed by atoms with E-state index in [1.807, 2.05) is 0 Å². The third-order valence-electron chi connectivity index (χ3n) is 4.55. The van der Waals surface area contributed by atoms with Crippen molar-refractivity contribution in [3.8, 4) is 0 Å². The van der Waals surface area contributed by atoms with Crippen molar-refractivity contribution in [2.24, 2.45) is 5.92 Å². The minimum Gasteiger partial charge on any atom is -0.394 e. The second-order valence-electron chi connectivity index (χ2n) is 6.41. The van der Waals surface area contributed by atoms with E-state index in [0.717, 1.165) is 19.0 Å². The van der Waals surface area contributed by atoms with Crippen LogP contribution in [-0.2, 0) is 0 Å². The molecular weight excluding hydrogens is 224 g/mol. The number of aliphatic hydroxyl groups excluding tert-OH is 1. The molecule has 2 unspecified atom stereocenters. The zero-order valence-electron chi connectivity index (χ0n) is 12.7. The summed E-state index contributed by atoms with van der Waals surface area (Å²) in [5.41, 5.74) is -0.108. The van der Waals surface area contributed by atoms with Crippen molar-refractivity contribution in [3.63, 3.8) is 0 Å². The molecule has 0 radical (unpaired) electrons. The van der Waals surface area contributed by atoms with Gasteiger partial charge in [0, 0.05) is 18.1 Å². The van der Waals surface area contributed by atoms with Gasteiger partial charge < -0.3 is 10.4 Å². The van der Waals surface area contributed by atoms with Crippen LogP contribution >= 0.6 is 0 Å². The first-order valence-corrected chi connectivity index (χ1v) is 7.56. The Bertz CT molecular complexity index is 231. The van der Waals surface area contributed by atoms with Gasteiger partial charge in [0.1, 0.15) is 0 Å². The number of aliphatic hydroxyl groups is 1. The fourth-order valence-electron chi connectivity index (χ4n) is 2.85. The van der Waals surface area contributed by atoms with E-state index in [0.29, 0.717) is 6.04 Å². The van der Waals surface area contributed by atoms with Gasteiger partial charge in [-0.05, 0) is 46.2 Å². The molecule has 0 aromatic rings. The van der Waals surface area contributed by atoms with E-state index >= 15 is 0 Å². The lowest BCUT2D eigenvalue weighted by atomic mass is 9.92. The molecule has 0 spiro atoms. The molecule has 0 aromatic carbocycles. The Morgan fingerprint density at radius 3 is 2.50 bits per heavy atom. The van der Waals surface area contributed by atoms with Crippen LogP contribution in [0.1, 0.15) is 52.9 Å². The van der Waals surface area contributed by atoms with Crippen molar-refractivity contribution in [3.05, 3.63) is 0 Å². The van der Waals surface area contributed by atoms with E-state index < -0.39 is 0 Å². The third-order valence-corrected chi connectivity index (χ3v) is 4.55. The van der Waals surface area contributed by atoms with Gasteiger partial charge in [-0.3, -0.25) is 4.90 Å². The molecule has 3 heteroatoms. The Balaban J connectivity index is 2.59. The van der Waals surface area contributed by atoms with Crippen molar-refractivity contribution in [2.45, 2.75) is 64.5 Å². The minimum absolute atomic E-state index is 0.108. The molecule has 1 saturated carbocycles. The summed E-state index contributed by atoms with van der Waals surface area (Å²) in [7, 11) is 2.14. The molecule has 2 N–H and O–H groups in total. The van der Waals surface area contributed by atoms with Crippen molar-refractivity contribution in [1.82, 2.24) is 10.2 Å². The molecule has 1 rings (SSSR count). The van der Waals surface area contributed by atoms with E-state index in [9.17, 15) is 5.11 Å². The zero-order valence-corrected chi connectivity index (χ0v) is 12.7. The van der Waals surface area contributed by atoms with Gasteiger partial charge in [0.2, 0.25) is 0 Å². The number of hydrogen-bond acceptors (Lipinski definition) is 3. The van der Waals surface area contributed by atoms with Crippen LogP contribution in [0.5, 0.6) is 0 Å². The van der Waals surface area contributed by atoms with Gasteiger partial charge >= 0.3 is 0 Å². The van der Waals surface area contributed by atoms with Crippen LogP contribution in [0, 0.1) is 5.92 Å². The smallest absolute Gasteiger partial charge is 0.0609 e. The molecule has 0 amide bonds. The zero-order chi connectivity index (χ0) is 13.6. The van der Waals surface area contributed by atoms with Crippen LogP contribution in [0.2, 0.25) is 0 Å². The maximum atomic E-state index is 9.46. The van der Waals surface area contributed by atoms with E-state index in [2.05, 4.69) is 38.0 Å². The van der Waals surface area contributed by atoms with Crippen LogP contribution in [0.3, 0.4) is 0 Å². The van der Waals surface area contributed by atoms with E-state index in [4.69, 9.17) is 0 Å². The van der Waals surface area contributed by atoms with Crippen LogP contribution in [0.4, 0.5) is 0 Å². The number of likely N-dealkylation sites (N-methyl/N-ethyl adjacent to an activating group) is 1. The number of rotatable bonds is 6. The SMILES string of the molecule is CCNC1CCCCCC1CN(C)C(C)(C)CO. The lowest BCUT2D eigenvalue weighted by Crippen LogP contribution is -2.49. The van der Waals surface area contributed by atoms with Gasteiger partial charge in [0.15, 0.2) is 0 Å². The molecular formula is C15H32N2O. The maximum Gasteiger partial charge on any atom is 0.0609 e. The summed E-state index contributed by atoms with van der Waals surface area (Å²) in [4.78, 5) is 2.33. The maximum absolute atomic E-state index is 9.46. The van der Waals surface area contributed by atoms with Crippen LogP contribution < -0.4 is 5.32 Å². The summed E-state index contributed by atoms with van der Waals surface area (Å²) in [6.07, 6.45) is 6.74. The van der Waals surface area contributed by atoms with Gasteiger partial charge in [-0.2, -0.15) is 0 Å². The van der Waals surface area contributed by atoms with Gasteiger partial charge in [-0.15, -0.1) is 0 Å². The Hall–Kier alpha value is -0.120. The fraction of sp³-hybridized carbons (Fsp3) is 1.00. The molecule has 0 bridgehead atoms. The Kier molecular flexibility index (Phi) is 6.61. The van der Waals surface area contributed by atoms with E-state index in [1.54, 1.807) is 0 Å². The molecule has 0 aliphatic heterocycles. The van der Waals surface area contributed by atoms with Crippen LogP contribution in [0.25, 0.3) is 0 Å². The van der Waals surface area contributed by atoms with Crippen molar-refractivity contribution in [1.29, 1.82) is 0 Å². The quantitative estimate of drug-likeness (QED) is 0.716. The Morgan fingerprint density at radius 1 is 1.22 bits per heavy atom. The highest BCUT2D eigenvalue weighted by Gasteiger charge is 2.29. The number of nitrogens with zero attached hydrogens (tertiary/aromatic N) is 1. The largest absolute Gasteiger partial charge is 0.394 e. The molecule has 0 aromatic heterocycles. The number of hydrogen-bond donors (Lipinski definition) is 2. The van der Waals surface area contributed by atoms with Gasteiger partial charge in [0.05, 0.1) is 6.61 Å². The molecule has 1 fully saturated rings. The monoisotopic (exact) mass is 256 g/mol. The van der Waals surface area contributed by atoms with Crippen molar-refractivity contribution in [2.75, 3.05) is 26.7 Å². The highest BCUT2D eigenvalue weighted by Crippen LogP contribution is 2.26. The molecule has 108 valence electrons. The number of nitrogens with one attached hydrogen (secondary N) is 1. The molecule has 2 atom stereocenters. The van der Waals surface area contributed by atoms with Crippen LogP contribution in [0.15, 0.2) is 0 Å². The highest BCUT2D eigenvalue weighted by atomic mass is 16.3. The fourth-order valence-corrected chi connectivity index (χ4v) is 2.85. The third kappa shape index (κ3) is 4.52. The normalized spacial score (nSPS) is 26.3. The summed E-state index contributed by atoms with van der Waals surface area (Å²) in [6, 6.07) is 0.662. The first-order chi connectivity index (χ1) is 8.51. The molecule has 1 aliphatic rings. The molecule has 0 saturated heterocycles. The topological polar surface area (TPSA) is 35.5 Å². The molecule has 1 aliphatic carbocycles. The lowest BCUT2D eigenvalue weighted by Gasteiger charge is -2.38. The van der Waals surface area contributed by atoms with Crippen molar-refractivity contribution >= 4 is 0 Å². The second kappa shape index (κ2) is 7.46. The summed E-state index contributed by atoms with van der Waals surface area (Å²) in [5.74, 6) is 0.725. The molecule has 18 heavy (non-hydrogen) atoms. The Morgan fingerprint density at radius 2 is 1.89 bits per heavy atom. The van der Waals surface area contributed by atoms with Gasteiger partial charge in [-0.1, -0.05) is 26.2 Å². The van der Waals surface area contributed by atoms with E-state index in [-0.39, 0.29) is 12.1 Å². The summed E-state index contributed by atoms with van der Waals surface area (Å²) in [5, 5.41) is 13.1. The summed E-state index contributed by atoms with van der Waals surface area (Å²) >= 11 is 0. The minimum atomic E-state index is -0.108. The van der Waals surface area contributed by atoms with Crippen molar-refractivity contribution < 1.29 is 5.11 Å².